The molecule has 0 aliphatic rings. The Bertz CT molecular complexity index is 759. The van der Waals surface area contributed by atoms with Crippen molar-refractivity contribution in [2.24, 2.45) is 0 Å². The molecule has 0 unspecified atom stereocenters. The summed E-state index contributed by atoms with van der Waals surface area (Å²) >= 11 is 3.09. The number of furan rings is 1. The Morgan fingerprint density at radius 1 is 1.33 bits per heavy atom. The molecule has 8 heteroatoms. The van der Waals surface area contributed by atoms with Gasteiger partial charge in [0.1, 0.15) is 16.5 Å². The number of hydrogen-bond donors (Lipinski definition) is 2. The van der Waals surface area contributed by atoms with Gasteiger partial charge in [0.15, 0.2) is 4.67 Å². The summed E-state index contributed by atoms with van der Waals surface area (Å²) in [7, 11) is -2.09. The van der Waals surface area contributed by atoms with Crippen LogP contribution in [0.2, 0.25) is 0 Å². The van der Waals surface area contributed by atoms with Crippen molar-refractivity contribution in [1.82, 2.24) is 5.32 Å². The van der Waals surface area contributed by atoms with Crippen molar-refractivity contribution in [3.63, 3.8) is 0 Å². The number of rotatable bonds is 5. The lowest BCUT2D eigenvalue weighted by Gasteiger charge is -2.07. The van der Waals surface area contributed by atoms with Crippen molar-refractivity contribution >= 4 is 31.6 Å². The molecule has 114 valence electrons. The Morgan fingerprint density at radius 3 is 2.67 bits per heavy atom. The van der Waals surface area contributed by atoms with Crippen molar-refractivity contribution in [2.75, 3.05) is 11.8 Å². The van der Waals surface area contributed by atoms with Gasteiger partial charge in [0.25, 0.3) is 10.0 Å². The lowest BCUT2D eigenvalue weighted by atomic mass is 10.2. The predicted molar refractivity (Wildman–Crippen MR) is 81.1 cm³/mol. The molecule has 0 saturated heterocycles. The van der Waals surface area contributed by atoms with E-state index in [2.05, 4.69) is 26.0 Å². The van der Waals surface area contributed by atoms with Gasteiger partial charge in [-0.1, -0.05) is 0 Å². The molecule has 2 N–H and O–H groups in total. The lowest BCUT2D eigenvalue weighted by Crippen LogP contribution is -2.13. The second-order valence-electron chi connectivity index (χ2n) is 4.45. The first-order chi connectivity index (χ1) is 9.83. The molecule has 0 aliphatic heterocycles. The van der Waals surface area contributed by atoms with Gasteiger partial charge in [-0.05, 0) is 53.7 Å². The molecule has 1 aromatic heterocycles. The van der Waals surface area contributed by atoms with Crippen LogP contribution in [0.25, 0.3) is 0 Å². The third-order valence-corrected chi connectivity index (χ3v) is 5.00. The summed E-state index contributed by atoms with van der Waals surface area (Å²) in [4.78, 5) is -0.00488. The first-order valence-electron chi connectivity index (χ1n) is 6.05. The third kappa shape index (κ3) is 3.63. The molecule has 2 rings (SSSR count). The second-order valence-corrected chi connectivity index (χ2v) is 6.82. The van der Waals surface area contributed by atoms with Gasteiger partial charge in [-0.3, -0.25) is 4.72 Å². The zero-order valence-electron chi connectivity index (χ0n) is 11.4. The molecule has 0 radical (unpaired) electrons. The fourth-order valence-corrected chi connectivity index (χ4v) is 3.81. The van der Waals surface area contributed by atoms with Gasteiger partial charge in [-0.15, -0.1) is 0 Å². The van der Waals surface area contributed by atoms with Crippen molar-refractivity contribution in [3.05, 3.63) is 46.1 Å². The second kappa shape index (κ2) is 6.17. The summed E-state index contributed by atoms with van der Waals surface area (Å²) in [6.07, 6.45) is 0. The maximum absolute atomic E-state index is 13.2. The fourth-order valence-electron chi connectivity index (χ4n) is 1.76. The van der Waals surface area contributed by atoms with Crippen molar-refractivity contribution < 1.29 is 17.2 Å². The van der Waals surface area contributed by atoms with Gasteiger partial charge in [0, 0.05) is 11.8 Å². The van der Waals surface area contributed by atoms with Crippen LogP contribution >= 0.6 is 15.9 Å². The van der Waals surface area contributed by atoms with Gasteiger partial charge in [0.2, 0.25) is 0 Å². The summed E-state index contributed by atoms with van der Waals surface area (Å²) in [5.41, 5.74) is 0.648. The van der Waals surface area contributed by atoms with E-state index in [9.17, 15) is 12.8 Å². The highest BCUT2D eigenvalue weighted by atomic mass is 79.9. The minimum Gasteiger partial charge on any atom is -0.451 e. The van der Waals surface area contributed by atoms with E-state index in [0.717, 1.165) is 0 Å². The van der Waals surface area contributed by atoms with Crippen LogP contribution < -0.4 is 10.0 Å². The summed E-state index contributed by atoms with van der Waals surface area (Å²) in [5, 5.41) is 2.87. The third-order valence-electron chi connectivity index (χ3n) is 2.76. The zero-order chi connectivity index (χ0) is 15.6. The summed E-state index contributed by atoms with van der Waals surface area (Å²) in [5.74, 6) is 0.0961. The molecule has 0 atom stereocenters. The average Bonchev–Trinajstić information content (AvgIpc) is 2.76. The molecule has 0 spiro atoms. The number of aryl methyl sites for hydroxylation is 1. The van der Waals surface area contributed by atoms with Crippen molar-refractivity contribution in [3.8, 4) is 0 Å². The monoisotopic (exact) mass is 376 g/mol. The molecule has 5 nitrogen and oxygen atoms in total. The van der Waals surface area contributed by atoms with E-state index >= 15 is 0 Å². The first-order valence-corrected chi connectivity index (χ1v) is 8.33. The number of nitrogens with one attached hydrogen (secondary N) is 2. The Balaban J connectivity index is 2.31. The van der Waals surface area contributed by atoms with E-state index in [-0.39, 0.29) is 15.3 Å². The topological polar surface area (TPSA) is 71.3 Å². The van der Waals surface area contributed by atoms with Gasteiger partial charge >= 0.3 is 0 Å². The molecule has 0 aliphatic carbocycles. The largest absolute Gasteiger partial charge is 0.451 e. The van der Waals surface area contributed by atoms with Crippen molar-refractivity contribution in [2.45, 2.75) is 18.4 Å². The molecule has 0 saturated carbocycles. The molecule has 0 amide bonds. The first kappa shape index (κ1) is 16.0. The number of hydrogen-bond acceptors (Lipinski definition) is 4. The molecule has 0 bridgehead atoms. The van der Waals surface area contributed by atoms with E-state index in [4.69, 9.17) is 4.42 Å². The van der Waals surface area contributed by atoms with Crippen LogP contribution in [0, 0.1) is 12.7 Å². The SMILES string of the molecule is CNCc1cc(S(=O)(=O)Nc2ccc(F)c(C)c2)c(Br)o1. The number of sulfonamides is 1. The summed E-state index contributed by atoms with van der Waals surface area (Å²) < 4.78 is 45.7. The maximum Gasteiger partial charge on any atom is 0.266 e. The van der Waals surface area contributed by atoms with Crippen LogP contribution in [-0.4, -0.2) is 15.5 Å². The molecule has 1 heterocycles. The smallest absolute Gasteiger partial charge is 0.266 e. The molecule has 2 aromatic rings. The number of benzene rings is 1. The van der Waals surface area contributed by atoms with Crippen LogP contribution in [-0.2, 0) is 16.6 Å². The van der Waals surface area contributed by atoms with Crippen LogP contribution in [0.1, 0.15) is 11.3 Å². The highest BCUT2D eigenvalue weighted by molar-refractivity contribution is 9.10. The van der Waals surface area contributed by atoms with Gasteiger partial charge in [-0.25, -0.2) is 12.8 Å². The van der Waals surface area contributed by atoms with Gasteiger partial charge in [-0.2, -0.15) is 0 Å². The molecular weight excluding hydrogens is 363 g/mol. The minimum absolute atomic E-state index is 0.00488. The van der Waals surface area contributed by atoms with Crippen LogP contribution in [0.5, 0.6) is 0 Å². The molecule has 21 heavy (non-hydrogen) atoms. The molecule has 1 aromatic carbocycles. The van der Waals surface area contributed by atoms with Gasteiger partial charge in [0.05, 0.1) is 6.54 Å². The van der Waals surface area contributed by atoms with Crippen LogP contribution in [0.15, 0.2) is 38.2 Å². The van der Waals surface area contributed by atoms with E-state index in [1.54, 1.807) is 14.0 Å². The Hall–Kier alpha value is -1.38. The van der Waals surface area contributed by atoms with Crippen LogP contribution in [0.3, 0.4) is 0 Å². The minimum atomic E-state index is -3.81. The lowest BCUT2D eigenvalue weighted by molar-refractivity contribution is 0.470. The highest BCUT2D eigenvalue weighted by Gasteiger charge is 2.22. The predicted octanol–water partition coefficient (Wildman–Crippen LogP) is 3.01. The van der Waals surface area contributed by atoms with E-state index in [0.29, 0.717) is 17.9 Å². The maximum atomic E-state index is 13.2. The standard InChI is InChI=1S/C13H14BrFN2O3S/c1-8-5-9(3-4-11(8)15)17-21(18,19)12-6-10(7-16-2)20-13(12)14/h3-6,16-17H,7H2,1-2H3. The average molecular weight is 377 g/mol. The Kier molecular flexibility index (Phi) is 4.70. The fraction of sp³-hybridized carbons (Fsp3) is 0.231. The molecule has 0 fully saturated rings. The van der Waals surface area contributed by atoms with E-state index in [1.165, 1.54) is 24.3 Å². The number of anilines is 1. The Labute approximate surface area is 130 Å². The number of halogens is 2. The summed E-state index contributed by atoms with van der Waals surface area (Å²) in [6.45, 7) is 1.97. The molecular formula is C13H14BrFN2O3S. The van der Waals surface area contributed by atoms with Crippen molar-refractivity contribution in [1.29, 1.82) is 0 Å². The van der Waals surface area contributed by atoms with Crippen LogP contribution in [0.4, 0.5) is 10.1 Å². The zero-order valence-corrected chi connectivity index (χ0v) is 13.8. The Morgan fingerprint density at radius 2 is 2.05 bits per heavy atom. The highest BCUT2D eigenvalue weighted by Crippen LogP contribution is 2.28. The van der Waals surface area contributed by atoms with E-state index in [1.807, 2.05) is 0 Å². The summed E-state index contributed by atoms with van der Waals surface area (Å²) in [6, 6.07) is 5.43. The van der Waals surface area contributed by atoms with Gasteiger partial charge < -0.3 is 9.73 Å². The normalized spacial score (nSPS) is 11.6. The quantitative estimate of drug-likeness (QED) is 0.841. The van der Waals surface area contributed by atoms with E-state index < -0.39 is 15.8 Å².